The number of thiophene rings is 1. The van der Waals surface area contributed by atoms with Crippen molar-refractivity contribution < 1.29 is 4.79 Å². The number of rotatable bonds is 8. The molecule has 0 saturated heterocycles. The van der Waals surface area contributed by atoms with Crippen molar-refractivity contribution in [2.75, 3.05) is 19.0 Å². The molecule has 2 heterocycles. The van der Waals surface area contributed by atoms with Gasteiger partial charge in [0.05, 0.1) is 22.8 Å². The number of benzene rings is 1. The lowest BCUT2D eigenvalue weighted by Gasteiger charge is -2.29. The van der Waals surface area contributed by atoms with Crippen molar-refractivity contribution in [3.63, 3.8) is 0 Å². The number of nitrogens with zero attached hydrogens (tertiary/aromatic N) is 4. The van der Waals surface area contributed by atoms with Gasteiger partial charge in [0.25, 0.3) is 5.91 Å². The molecule has 0 saturated carbocycles. The minimum atomic E-state index is 0.0891. The van der Waals surface area contributed by atoms with E-state index in [1.54, 1.807) is 0 Å². The number of anilines is 1. The van der Waals surface area contributed by atoms with Gasteiger partial charge in [-0.1, -0.05) is 45.0 Å². The number of carbonyl (C=O) groups is 1. The summed E-state index contributed by atoms with van der Waals surface area (Å²) < 4.78 is 2.01. The van der Waals surface area contributed by atoms with Crippen LogP contribution in [-0.2, 0) is 6.54 Å². The van der Waals surface area contributed by atoms with E-state index in [4.69, 9.17) is 5.10 Å². The molecule has 3 aromatic rings. The highest BCUT2D eigenvalue weighted by Crippen LogP contribution is 2.32. The molecule has 0 spiro atoms. The van der Waals surface area contributed by atoms with E-state index in [1.165, 1.54) is 11.3 Å². The Morgan fingerprint density at radius 1 is 1.10 bits per heavy atom. The third-order valence-electron chi connectivity index (χ3n) is 5.40. The van der Waals surface area contributed by atoms with Crippen LogP contribution in [0.15, 0.2) is 47.8 Å². The molecule has 0 aliphatic heterocycles. The highest BCUT2D eigenvalue weighted by molar-refractivity contribution is 7.12. The average Bonchev–Trinajstić information content (AvgIpc) is 3.39. The van der Waals surface area contributed by atoms with Crippen molar-refractivity contribution in [1.29, 1.82) is 0 Å². The van der Waals surface area contributed by atoms with Gasteiger partial charge in [-0.2, -0.15) is 5.10 Å². The summed E-state index contributed by atoms with van der Waals surface area (Å²) in [4.78, 5) is 18.2. The quantitative estimate of drug-likeness (QED) is 0.475. The van der Waals surface area contributed by atoms with Crippen molar-refractivity contribution >= 4 is 23.1 Å². The van der Waals surface area contributed by atoms with E-state index in [0.717, 1.165) is 34.1 Å². The van der Waals surface area contributed by atoms with Crippen LogP contribution in [0.4, 0.5) is 5.82 Å². The van der Waals surface area contributed by atoms with Crippen LogP contribution in [0.2, 0.25) is 0 Å². The number of amides is 1. The highest BCUT2D eigenvalue weighted by atomic mass is 32.1. The van der Waals surface area contributed by atoms with E-state index in [9.17, 15) is 4.79 Å². The molecule has 0 fully saturated rings. The van der Waals surface area contributed by atoms with Crippen LogP contribution in [0.5, 0.6) is 0 Å². The minimum Gasteiger partial charge on any atom is -0.362 e. The molecule has 6 heteroatoms. The summed E-state index contributed by atoms with van der Waals surface area (Å²) in [5.41, 5.74) is 3.17. The number of hydrogen-bond donors (Lipinski definition) is 0. The molecule has 5 nitrogen and oxygen atoms in total. The van der Waals surface area contributed by atoms with E-state index in [1.807, 2.05) is 59.4 Å². The van der Waals surface area contributed by atoms with Gasteiger partial charge in [-0.15, -0.1) is 11.3 Å². The molecular formula is C24H32N4OS. The van der Waals surface area contributed by atoms with Gasteiger partial charge < -0.3 is 9.80 Å². The van der Waals surface area contributed by atoms with E-state index >= 15 is 0 Å². The zero-order chi connectivity index (χ0) is 21.8. The van der Waals surface area contributed by atoms with Gasteiger partial charge in [0.2, 0.25) is 0 Å². The number of para-hydroxylation sites is 1. The van der Waals surface area contributed by atoms with Gasteiger partial charge in [0.1, 0.15) is 5.82 Å². The summed E-state index contributed by atoms with van der Waals surface area (Å²) in [6.45, 7) is 9.12. The summed E-state index contributed by atoms with van der Waals surface area (Å²) in [6.07, 6.45) is 0.901. The minimum absolute atomic E-state index is 0.0891. The fraction of sp³-hybridized carbons (Fsp3) is 0.417. The molecular weight excluding hydrogens is 392 g/mol. The first kappa shape index (κ1) is 22.1. The number of carbonyl (C=O) groups excluding carboxylic acids is 1. The SMILES string of the molecule is CC[C@H](C)N(Cc1c(C(C)C)nn(-c2ccccc2)c1N(C)C)C(=O)c1cccs1. The molecule has 30 heavy (non-hydrogen) atoms. The summed E-state index contributed by atoms with van der Waals surface area (Å²) >= 11 is 1.50. The van der Waals surface area contributed by atoms with Gasteiger partial charge in [-0.05, 0) is 42.8 Å². The Morgan fingerprint density at radius 3 is 2.33 bits per heavy atom. The maximum Gasteiger partial charge on any atom is 0.264 e. The molecule has 0 N–H and O–H groups in total. The Bertz CT molecular complexity index is 961. The van der Waals surface area contributed by atoms with E-state index < -0.39 is 0 Å². The molecule has 3 rings (SSSR count). The molecule has 1 amide bonds. The Hall–Kier alpha value is -2.60. The average molecular weight is 425 g/mol. The largest absolute Gasteiger partial charge is 0.362 e. The number of hydrogen-bond acceptors (Lipinski definition) is 4. The van der Waals surface area contributed by atoms with Gasteiger partial charge in [0.15, 0.2) is 0 Å². The fourth-order valence-corrected chi connectivity index (χ4v) is 4.32. The normalized spacial score (nSPS) is 12.2. The molecule has 2 aromatic heterocycles. The second-order valence-electron chi connectivity index (χ2n) is 8.15. The lowest BCUT2D eigenvalue weighted by atomic mass is 10.0. The van der Waals surface area contributed by atoms with Crippen molar-refractivity contribution in [1.82, 2.24) is 14.7 Å². The second kappa shape index (κ2) is 9.47. The molecule has 1 atom stereocenters. The van der Waals surface area contributed by atoms with Crippen LogP contribution in [-0.4, -0.2) is 40.7 Å². The summed E-state index contributed by atoms with van der Waals surface area (Å²) in [7, 11) is 4.08. The first-order valence-corrected chi connectivity index (χ1v) is 11.4. The smallest absolute Gasteiger partial charge is 0.264 e. The summed E-state index contributed by atoms with van der Waals surface area (Å²) in [5.74, 6) is 1.36. The topological polar surface area (TPSA) is 41.4 Å². The van der Waals surface area contributed by atoms with E-state index in [-0.39, 0.29) is 17.9 Å². The molecule has 0 bridgehead atoms. The Kier molecular flexibility index (Phi) is 6.98. The zero-order valence-electron chi connectivity index (χ0n) is 18.8. The van der Waals surface area contributed by atoms with Crippen LogP contribution in [0.25, 0.3) is 5.69 Å². The maximum absolute atomic E-state index is 13.3. The van der Waals surface area contributed by atoms with Crippen LogP contribution in [0.3, 0.4) is 0 Å². The molecule has 0 aliphatic rings. The molecule has 160 valence electrons. The predicted molar refractivity (Wildman–Crippen MR) is 126 cm³/mol. The Labute approximate surface area is 183 Å². The third kappa shape index (κ3) is 4.43. The molecule has 1 aromatic carbocycles. The predicted octanol–water partition coefficient (Wildman–Crippen LogP) is 5.56. The third-order valence-corrected chi connectivity index (χ3v) is 6.26. The van der Waals surface area contributed by atoms with Crippen molar-refractivity contribution in [2.24, 2.45) is 0 Å². The first-order chi connectivity index (χ1) is 14.3. The fourth-order valence-electron chi connectivity index (χ4n) is 3.64. The van der Waals surface area contributed by atoms with E-state index in [2.05, 4.69) is 44.7 Å². The van der Waals surface area contributed by atoms with Gasteiger partial charge in [-0.3, -0.25) is 4.79 Å². The van der Waals surface area contributed by atoms with Crippen molar-refractivity contribution in [3.05, 3.63) is 64.0 Å². The van der Waals surface area contributed by atoms with Gasteiger partial charge in [0, 0.05) is 25.7 Å². The molecule has 0 radical (unpaired) electrons. The van der Waals surface area contributed by atoms with Gasteiger partial charge >= 0.3 is 0 Å². The van der Waals surface area contributed by atoms with Crippen LogP contribution < -0.4 is 4.90 Å². The van der Waals surface area contributed by atoms with E-state index in [0.29, 0.717) is 6.54 Å². The first-order valence-electron chi connectivity index (χ1n) is 10.5. The maximum atomic E-state index is 13.3. The van der Waals surface area contributed by atoms with Crippen LogP contribution >= 0.6 is 11.3 Å². The lowest BCUT2D eigenvalue weighted by Crippen LogP contribution is -2.38. The zero-order valence-corrected chi connectivity index (χ0v) is 19.6. The Balaban J connectivity index is 2.12. The standard InChI is InChI=1S/C24H32N4OS/c1-7-18(4)27(24(29)21-14-11-15-30-21)16-20-22(17(2)3)25-28(23(20)26(5)6)19-12-9-8-10-13-19/h8-15,17-18H,7,16H2,1-6H3/t18-/m0/s1. The Morgan fingerprint density at radius 2 is 1.80 bits per heavy atom. The van der Waals surface area contributed by atoms with Crippen LogP contribution in [0.1, 0.15) is 61.0 Å². The van der Waals surface area contributed by atoms with Crippen molar-refractivity contribution in [3.8, 4) is 5.69 Å². The molecule has 0 unspecified atom stereocenters. The second-order valence-corrected chi connectivity index (χ2v) is 9.10. The van der Waals surface area contributed by atoms with Crippen molar-refractivity contribution in [2.45, 2.75) is 52.6 Å². The monoisotopic (exact) mass is 424 g/mol. The highest BCUT2D eigenvalue weighted by Gasteiger charge is 2.28. The number of aromatic nitrogens is 2. The van der Waals surface area contributed by atoms with Gasteiger partial charge in [-0.25, -0.2) is 4.68 Å². The molecule has 0 aliphatic carbocycles. The van der Waals surface area contributed by atoms with Crippen LogP contribution in [0, 0.1) is 0 Å². The summed E-state index contributed by atoms with van der Waals surface area (Å²) in [6, 6.07) is 14.2. The summed E-state index contributed by atoms with van der Waals surface area (Å²) in [5, 5.41) is 6.96. The lowest BCUT2D eigenvalue weighted by molar-refractivity contribution is 0.0676.